The fourth-order valence-electron chi connectivity index (χ4n) is 4.57. The molecule has 0 aliphatic carbocycles. The van der Waals surface area contributed by atoms with E-state index in [1.165, 1.54) is 42.7 Å². The second kappa shape index (κ2) is 12.0. The van der Waals surface area contributed by atoms with Crippen LogP contribution in [0.4, 0.5) is 17.6 Å². The lowest BCUT2D eigenvalue weighted by Crippen LogP contribution is -2.27. The molecule has 42 heavy (non-hydrogen) atoms. The molecule has 2 N–H and O–H groups in total. The molecule has 1 heterocycles. The van der Waals surface area contributed by atoms with E-state index >= 15 is 0 Å². The Labute approximate surface area is 243 Å². The van der Waals surface area contributed by atoms with E-state index in [9.17, 15) is 27.5 Å². The number of aromatic hydroxyl groups is 1. The van der Waals surface area contributed by atoms with E-state index < -0.39 is 23.5 Å². The number of benzene rings is 4. The fraction of sp³-hybridized carbons (Fsp3) is 0.129. The van der Waals surface area contributed by atoms with Gasteiger partial charge < -0.3 is 10.4 Å². The number of nitrogens with zero attached hydrogens (tertiary/aromatic N) is 3. The Bertz CT molecular complexity index is 1690. The summed E-state index contributed by atoms with van der Waals surface area (Å²) in [5.41, 5.74) is 2.65. The maximum Gasteiger partial charge on any atom is 0.416 e. The predicted molar refractivity (Wildman–Crippen MR) is 151 cm³/mol. The van der Waals surface area contributed by atoms with Crippen molar-refractivity contribution in [2.45, 2.75) is 18.6 Å². The van der Waals surface area contributed by atoms with Crippen LogP contribution in [0.5, 0.6) is 5.75 Å². The third kappa shape index (κ3) is 6.44. The molecule has 0 saturated carbocycles. The van der Waals surface area contributed by atoms with Crippen molar-refractivity contribution in [2.24, 2.45) is 0 Å². The lowest BCUT2D eigenvalue weighted by Gasteiger charge is -2.19. The van der Waals surface area contributed by atoms with Crippen LogP contribution in [0, 0.1) is 5.82 Å². The van der Waals surface area contributed by atoms with E-state index in [-0.39, 0.29) is 28.9 Å². The molecule has 5 aromatic rings. The first kappa shape index (κ1) is 28.8. The summed E-state index contributed by atoms with van der Waals surface area (Å²) in [6.07, 6.45) is -1.05. The van der Waals surface area contributed by atoms with E-state index in [2.05, 4.69) is 15.4 Å². The van der Waals surface area contributed by atoms with Crippen LogP contribution in [0.3, 0.4) is 0 Å². The van der Waals surface area contributed by atoms with Crippen molar-refractivity contribution in [3.05, 3.63) is 125 Å². The number of halogens is 5. The number of carbonyl (C=O) groups excluding carboxylic acids is 1. The normalized spacial score (nSPS) is 12.2. The topological polar surface area (TPSA) is 80.0 Å². The molecule has 0 aliphatic rings. The number of phenols is 1. The van der Waals surface area contributed by atoms with Crippen LogP contribution in [0.2, 0.25) is 5.02 Å². The highest BCUT2D eigenvalue weighted by atomic mass is 35.5. The van der Waals surface area contributed by atoms with Gasteiger partial charge in [-0.3, -0.25) is 4.79 Å². The lowest BCUT2D eigenvalue weighted by molar-refractivity contribution is -0.137. The van der Waals surface area contributed by atoms with Gasteiger partial charge in [0.2, 0.25) is 0 Å². The minimum absolute atomic E-state index is 0.00739. The van der Waals surface area contributed by atoms with Gasteiger partial charge in [-0.2, -0.15) is 18.3 Å². The van der Waals surface area contributed by atoms with E-state index in [1.54, 1.807) is 23.1 Å². The van der Waals surface area contributed by atoms with Crippen molar-refractivity contribution in [2.75, 3.05) is 6.54 Å². The summed E-state index contributed by atoms with van der Waals surface area (Å²) in [6.45, 7) is 0.211. The van der Waals surface area contributed by atoms with Crippen LogP contribution in [0.15, 0.2) is 97.6 Å². The van der Waals surface area contributed by atoms with Crippen LogP contribution in [-0.2, 0) is 6.18 Å². The summed E-state index contributed by atoms with van der Waals surface area (Å²) in [5, 5.41) is 17.4. The molecule has 1 aromatic heterocycles. The zero-order valence-corrected chi connectivity index (χ0v) is 22.6. The molecule has 11 heteroatoms. The van der Waals surface area contributed by atoms with Crippen molar-refractivity contribution in [3.8, 4) is 28.0 Å². The summed E-state index contributed by atoms with van der Waals surface area (Å²) in [5.74, 6) is -1.29. The van der Waals surface area contributed by atoms with Crippen molar-refractivity contribution in [1.82, 2.24) is 20.1 Å². The molecule has 4 aromatic carbocycles. The number of amides is 1. The third-order valence-corrected chi connectivity index (χ3v) is 7.08. The molecule has 0 bridgehead atoms. The molecule has 1 amide bonds. The maximum atomic E-state index is 13.6. The summed E-state index contributed by atoms with van der Waals surface area (Å²) >= 11 is 5.93. The maximum absolute atomic E-state index is 13.6. The summed E-state index contributed by atoms with van der Waals surface area (Å²) < 4.78 is 54.0. The smallest absolute Gasteiger partial charge is 0.416 e. The van der Waals surface area contributed by atoms with Crippen LogP contribution in [0.1, 0.15) is 33.9 Å². The number of hydrogen-bond acceptors (Lipinski definition) is 4. The first-order valence-corrected chi connectivity index (χ1v) is 13.2. The number of rotatable bonds is 8. The number of carbonyl (C=O) groups is 1. The Hall–Kier alpha value is -4.70. The first-order chi connectivity index (χ1) is 20.1. The molecular weight excluding hydrogens is 572 g/mol. The van der Waals surface area contributed by atoms with Crippen LogP contribution in [0.25, 0.3) is 22.3 Å². The Balaban J connectivity index is 1.29. The first-order valence-electron chi connectivity index (χ1n) is 12.8. The van der Waals surface area contributed by atoms with Gasteiger partial charge in [0.1, 0.15) is 24.2 Å². The second-order valence-corrected chi connectivity index (χ2v) is 9.90. The molecule has 1 unspecified atom stereocenters. The fourth-order valence-corrected chi connectivity index (χ4v) is 4.75. The Morgan fingerprint density at radius 1 is 0.905 bits per heavy atom. The van der Waals surface area contributed by atoms with E-state index in [0.717, 1.165) is 28.8 Å². The van der Waals surface area contributed by atoms with Gasteiger partial charge in [-0.25, -0.2) is 14.1 Å². The number of aromatic nitrogens is 3. The Kier molecular flexibility index (Phi) is 8.26. The number of alkyl halides is 3. The molecule has 5 rings (SSSR count). The lowest BCUT2D eigenvalue weighted by atomic mass is 9.99. The highest BCUT2D eigenvalue weighted by molar-refractivity contribution is 6.31. The molecule has 0 aliphatic heterocycles. The molecule has 6 nitrogen and oxygen atoms in total. The standard InChI is InChI=1S/C31H23ClF4N4O2/c32-26-16-23(7-11-27(26)33)19-1-3-21(4-2-19)28(40-18-37-17-39-40)13-14-38-30(42)25-15-22(8-12-29(25)41)20-5-9-24(10-6-20)31(34,35)36/h1-12,15-18,28,41H,13-14H2,(H,38,42). The molecular formula is C31H23ClF4N4O2. The molecule has 0 saturated heterocycles. The van der Waals surface area contributed by atoms with Gasteiger partial charge in [0, 0.05) is 6.54 Å². The monoisotopic (exact) mass is 594 g/mol. The SMILES string of the molecule is O=C(NCCC(c1ccc(-c2ccc(F)c(Cl)c2)cc1)n1cncn1)c1cc(-c2ccc(C(F)(F)F)cc2)ccc1O. The van der Waals surface area contributed by atoms with Crippen LogP contribution >= 0.6 is 11.6 Å². The quantitative estimate of drug-likeness (QED) is 0.182. The Morgan fingerprint density at radius 3 is 2.14 bits per heavy atom. The number of nitrogens with one attached hydrogen (secondary N) is 1. The number of hydrogen-bond donors (Lipinski definition) is 2. The van der Waals surface area contributed by atoms with Gasteiger partial charge in [-0.1, -0.05) is 60.1 Å². The number of phenolic OH excluding ortho intramolecular Hbond substituents is 1. The van der Waals surface area contributed by atoms with Crippen molar-refractivity contribution >= 4 is 17.5 Å². The molecule has 0 radical (unpaired) electrons. The van der Waals surface area contributed by atoms with Gasteiger partial charge in [0.05, 0.1) is 22.2 Å². The van der Waals surface area contributed by atoms with Gasteiger partial charge >= 0.3 is 6.18 Å². The van der Waals surface area contributed by atoms with Gasteiger partial charge in [-0.15, -0.1) is 0 Å². The zero-order valence-electron chi connectivity index (χ0n) is 21.8. The van der Waals surface area contributed by atoms with E-state index in [4.69, 9.17) is 11.6 Å². The van der Waals surface area contributed by atoms with Crippen LogP contribution in [-0.4, -0.2) is 32.3 Å². The minimum Gasteiger partial charge on any atom is -0.507 e. The summed E-state index contributed by atoms with van der Waals surface area (Å²) in [4.78, 5) is 17.0. The van der Waals surface area contributed by atoms with Crippen molar-refractivity contribution in [3.63, 3.8) is 0 Å². The third-order valence-electron chi connectivity index (χ3n) is 6.79. The van der Waals surface area contributed by atoms with E-state index in [1.807, 2.05) is 24.3 Å². The minimum atomic E-state index is -4.46. The predicted octanol–water partition coefficient (Wildman–Crippen LogP) is 7.54. The molecule has 0 fully saturated rings. The molecule has 1 atom stereocenters. The molecule has 0 spiro atoms. The average Bonchev–Trinajstić information content (AvgIpc) is 3.51. The van der Waals surface area contributed by atoms with Crippen molar-refractivity contribution in [1.29, 1.82) is 0 Å². The van der Waals surface area contributed by atoms with Gasteiger partial charge in [-0.05, 0) is 70.6 Å². The van der Waals surface area contributed by atoms with Crippen LogP contribution < -0.4 is 5.32 Å². The van der Waals surface area contributed by atoms with Crippen molar-refractivity contribution < 1.29 is 27.5 Å². The average molecular weight is 595 g/mol. The summed E-state index contributed by atoms with van der Waals surface area (Å²) in [6, 6.07) is 20.6. The Morgan fingerprint density at radius 2 is 1.52 bits per heavy atom. The summed E-state index contributed by atoms with van der Waals surface area (Å²) in [7, 11) is 0. The molecule has 214 valence electrons. The largest absolute Gasteiger partial charge is 0.507 e. The van der Waals surface area contributed by atoms with Gasteiger partial charge in [0.25, 0.3) is 5.91 Å². The highest BCUT2D eigenvalue weighted by Gasteiger charge is 2.30. The second-order valence-electron chi connectivity index (χ2n) is 9.49. The van der Waals surface area contributed by atoms with E-state index in [0.29, 0.717) is 17.5 Å². The highest BCUT2D eigenvalue weighted by Crippen LogP contribution is 2.32. The van der Waals surface area contributed by atoms with Gasteiger partial charge in [0.15, 0.2) is 0 Å². The zero-order chi connectivity index (χ0) is 29.9.